The van der Waals surface area contributed by atoms with Crippen molar-refractivity contribution < 1.29 is 28.9 Å². The molecule has 1 saturated heterocycles. The van der Waals surface area contributed by atoms with E-state index in [1.165, 1.54) is 11.1 Å². The molecule has 0 bridgehead atoms. The molecule has 0 aromatic heterocycles. The van der Waals surface area contributed by atoms with Crippen molar-refractivity contribution >= 4 is 11.8 Å². The summed E-state index contributed by atoms with van der Waals surface area (Å²) >= 11 is 0. The van der Waals surface area contributed by atoms with E-state index in [0.29, 0.717) is 29.9 Å². The van der Waals surface area contributed by atoms with Crippen molar-refractivity contribution in [2.45, 2.75) is 56.4 Å². The van der Waals surface area contributed by atoms with Gasteiger partial charge < -0.3 is 30.0 Å². The molecule has 0 spiro atoms. The van der Waals surface area contributed by atoms with E-state index in [1.54, 1.807) is 18.2 Å². The lowest BCUT2D eigenvalue weighted by Crippen LogP contribution is -2.51. The van der Waals surface area contributed by atoms with Crippen LogP contribution in [0.15, 0.2) is 42.5 Å². The zero-order valence-electron chi connectivity index (χ0n) is 18.3. The fourth-order valence-corrected chi connectivity index (χ4v) is 4.89. The average Bonchev–Trinajstić information content (AvgIpc) is 3.45. The van der Waals surface area contributed by atoms with Crippen molar-refractivity contribution in [3.8, 4) is 11.5 Å². The van der Waals surface area contributed by atoms with Gasteiger partial charge in [0.1, 0.15) is 6.10 Å². The number of rotatable bonds is 6. The molecule has 2 amide bonds. The molecule has 3 aliphatic rings. The largest absolute Gasteiger partial charge is 0.454 e. The Balaban J connectivity index is 1.12. The number of benzene rings is 2. The lowest BCUT2D eigenvalue weighted by atomic mass is 9.96. The SMILES string of the molecule is O=C(C[C@H]1CC[C@@H](NC(=O)c2ccc3c(c2)OCO3)[C@H](CO)O1)NC1Cc2ccccc2C1. The molecule has 0 radical (unpaired) electrons. The highest BCUT2D eigenvalue weighted by molar-refractivity contribution is 5.95. The third kappa shape index (κ3) is 4.82. The molecule has 8 heteroatoms. The van der Waals surface area contributed by atoms with Crippen molar-refractivity contribution in [1.29, 1.82) is 0 Å². The predicted octanol–water partition coefficient (Wildman–Crippen LogP) is 1.73. The van der Waals surface area contributed by atoms with Gasteiger partial charge in [-0.2, -0.15) is 0 Å². The van der Waals surface area contributed by atoms with Gasteiger partial charge >= 0.3 is 0 Å². The molecule has 0 saturated carbocycles. The van der Waals surface area contributed by atoms with Crippen LogP contribution in [0.1, 0.15) is 40.7 Å². The van der Waals surface area contributed by atoms with Gasteiger partial charge in [0.05, 0.1) is 25.2 Å². The molecule has 174 valence electrons. The fourth-order valence-electron chi connectivity index (χ4n) is 4.89. The quantitative estimate of drug-likeness (QED) is 0.617. The summed E-state index contributed by atoms with van der Waals surface area (Å²) in [4.78, 5) is 25.3. The lowest BCUT2D eigenvalue weighted by Gasteiger charge is -2.36. The van der Waals surface area contributed by atoms with E-state index in [-0.39, 0.29) is 49.8 Å². The molecule has 0 unspecified atom stereocenters. The van der Waals surface area contributed by atoms with Gasteiger partial charge in [0.15, 0.2) is 11.5 Å². The number of nitrogens with one attached hydrogen (secondary N) is 2. The molecule has 33 heavy (non-hydrogen) atoms. The first-order chi connectivity index (χ1) is 16.1. The highest BCUT2D eigenvalue weighted by atomic mass is 16.7. The number of fused-ring (bicyclic) bond motifs is 2. The maximum atomic E-state index is 12.7. The van der Waals surface area contributed by atoms with Crippen LogP contribution in [0.4, 0.5) is 0 Å². The predicted molar refractivity (Wildman–Crippen MR) is 119 cm³/mol. The normalized spacial score (nSPS) is 23.7. The summed E-state index contributed by atoms with van der Waals surface area (Å²) in [6.07, 6.45) is 2.33. The first-order valence-corrected chi connectivity index (χ1v) is 11.4. The molecule has 1 fully saturated rings. The highest BCUT2D eigenvalue weighted by Crippen LogP contribution is 2.32. The number of amides is 2. The van der Waals surface area contributed by atoms with Gasteiger partial charge in [-0.3, -0.25) is 9.59 Å². The molecule has 2 aliphatic heterocycles. The van der Waals surface area contributed by atoms with E-state index in [1.807, 2.05) is 12.1 Å². The Morgan fingerprint density at radius 3 is 2.48 bits per heavy atom. The minimum absolute atomic E-state index is 0.0441. The van der Waals surface area contributed by atoms with Crippen LogP contribution in [-0.2, 0) is 22.4 Å². The summed E-state index contributed by atoms with van der Waals surface area (Å²) in [5.74, 6) is 0.843. The van der Waals surface area contributed by atoms with Crippen LogP contribution in [-0.4, -0.2) is 54.6 Å². The van der Waals surface area contributed by atoms with Crippen LogP contribution in [0.3, 0.4) is 0 Å². The topological polar surface area (TPSA) is 106 Å². The molecule has 2 aromatic rings. The minimum Gasteiger partial charge on any atom is -0.454 e. The van der Waals surface area contributed by atoms with Crippen LogP contribution in [0.2, 0.25) is 0 Å². The monoisotopic (exact) mass is 452 g/mol. The number of carbonyl (C=O) groups is 2. The van der Waals surface area contributed by atoms with Crippen LogP contribution in [0.5, 0.6) is 11.5 Å². The Hall–Kier alpha value is -3.10. The van der Waals surface area contributed by atoms with Crippen molar-refractivity contribution in [2.75, 3.05) is 13.4 Å². The summed E-state index contributed by atoms with van der Waals surface area (Å²) < 4.78 is 16.6. The van der Waals surface area contributed by atoms with Gasteiger partial charge in [0.25, 0.3) is 5.91 Å². The Kier molecular flexibility index (Phi) is 6.20. The zero-order chi connectivity index (χ0) is 22.8. The van der Waals surface area contributed by atoms with Crippen LogP contribution >= 0.6 is 0 Å². The molecule has 3 N–H and O–H groups in total. The fraction of sp³-hybridized carbons (Fsp3) is 0.440. The van der Waals surface area contributed by atoms with Gasteiger partial charge in [-0.25, -0.2) is 0 Å². The summed E-state index contributed by atoms with van der Waals surface area (Å²) in [5.41, 5.74) is 3.03. The summed E-state index contributed by atoms with van der Waals surface area (Å²) in [6.45, 7) is -0.0890. The molecule has 1 aliphatic carbocycles. The molecule has 5 rings (SSSR count). The van der Waals surface area contributed by atoms with Gasteiger partial charge in [-0.1, -0.05) is 24.3 Å². The maximum Gasteiger partial charge on any atom is 0.251 e. The first kappa shape index (κ1) is 21.7. The van der Waals surface area contributed by atoms with Crippen molar-refractivity contribution in [2.24, 2.45) is 0 Å². The third-order valence-electron chi connectivity index (χ3n) is 6.58. The molecule has 8 nitrogen and oxygen atoms in total. The van der Waals surface area contributed by atoms with Gasteiger partial charge in [0, 0.05) is 11.6 Å². The second kappa shape index (κ2) is 9.41. The average molecular weight is 453 g/mol. The van der Waals surface area contributed by atoms with Crippen molar-refractivity contribution in [3.63, 3.8) is 0 Å². The Morgan fingerprint density at radius 1 is 0.970 bits per heavy atom. The van der Waals surface area contributed by atoms with E-state index in [2.05, 4.69) is 22.8 Å². The summed E-state index contributed by atoms with van der Waals surface area (Å²) in [6, 6.07) is 13.1. The van der Waals surface area contributed by atoms with Crippen LogP contribution in [0.25, 0.3) is 0 Å². The number of hydrogen-bond acceptors (Lipinski definition) is 6. The van der Waals surface area contributed by atoms with Crippen LogP contribution < -0.4 is 20.1 Å². The number of aliphatic hydroxyl groups excluding tert-OH is 1. The van der Waals surface area contributed by atoms with E-state index >= 15 is 0 Å². The molecule has 2 aromatic carbocycles. The van der Waals surface area contributed by atoms with Gasteiger partial charge in [0.2, 0.25) is 12.7 Å². The Bertz CT molecular complexity index is 1020. The van der Waals surface area contributed by atoms with E-state index < -0.39 is 6.10 Å². The van der Waals surface area contributed by atoms with Crippen molar-refractivity contribution in [3.05, 3.63) is 59.2 Å². The maximum absolute atomic E-state index is 12.7. The number of aliphatic hydroxyl groups is 1. The molecular weight excluding hydrogens is 424 g/mol. The second-order valence-electron chi connectivity index (χ2n) is 8.85. The van der Waals surface area contributed by atoms with Crippen LogP contribution in [0, 0.1) is 0 Å². The second-order valence-corrected chi connectivity index (χ2v) is 8.85. The lowest BCUT2D eigenvalue weighted by molar-refractivity contribution is -0.131. The summed E-state index contributed by atoms with van der Waals surface area (Å²) in [5, 5.41) is 15.9. The molecule has 2 heterocycles. The van der Waals surface area contributed by atoms with E-state index in [4.69, 9.17) is 14.2 Å². The molecule has 3 atom stereocenters. The number of carbonyl (C=O) groups excluding carboxylic acids is 2. The van der Waals surface area contributed by atoms with E-state index in [9.17, 15) is 14.7 Å². The Morgan fingerprint density at radius 2 is 1.73 bits per heavy atom. The summed E-state index contributed by atoms with van der Waals surface area (Å²) in [7, 11) is 0. The number of ether oxygens (including phenoxy) is 3. The number of hydrogen-bond donors (Lipinski definition) is 3. The molecular formula is C25H28N2O6. The van der Waals surface area contributed by atoms with Gasteiger partial charge in [-0.05, 0) is 55.0 Å². The standard InChI is InChI=1S/C25H28N2O6/c28-13-23-20(27-25(30)17-5-8-21-22(11-17)32-14-31-21)7-6-19(33-23)12-24(29)26-18-9-15-3-1-2-4-16(15)10-18/h1-5,8,11,18-20,23,28H,6-7,9-10,12-14H2,(H,26,29)(H,27,30)/t19-,20-,23+/m1/s1. The smallest absolute Gasteiger partial charge is 0.251 e. The minimum atomic E-state index is -0.565. The first-order valence-electron chi connectivity index (χ1n) is 11.4. The van der Waals surface area contributed by atoms with Crippen molar-refractivity contribution in [1.82, 2.24) is 10.6 Å². The highest BCUT2D eigenvalue weighted by Gasteiger charge is 2.34. The Labute approximate surface area is 192 Å². The third-order valence-corrected chi connectivity index (χ3v) is 6.58. The zero-order valence-corrected chi connectivity index (χ0v) is 18.3. The van der Waals surface area contributed by atoms with Gasteiger partial charge in [-0.15, -0.1) is 0 Å². The van der Waals surface area contributed by atoms with E-state index in [0.717, 1.165) is 12.8 Å².